The van der Waals surface area contributed by atoms with E-state index in [0.717, 1.165) is 47.4 Å². The third kappa shape index (κ3) is 3.88. The molecule has 0 bridgehead atoms. The van der Waals surface area contributed by atoms with Gasteiger partial charge in [0.2, 0.25) is 0 Å². The summed E-state index contributed by atoms with van der Waals surface area (Å²) in [5.41, 5.74) is 2.21. The van der Waals surface area contributed by atoms with E-state index >= 15 is 0 Å². The number of hydrogen-bond acceptors (Lipinski definition) is 6. The third-order valence-corrected chi connectivity index (χ3v) is 6.52. The summed E-state index contributed by atoms with van der Waals surface area (Å²) < 4.78 is 14.0. The minimum absolute atomic E-state index is 0.0487. The van der Waals surface area contributed by atoms with Crippen LogP contribution in [0.4, 0.5) is 0 Å². The quantitative estimate of drug-likeness (QED) is 0.443. The highest BCUT2D eigenvalue weighted by molar-refractivity contribution is 7.19. The zero-order valence-electron chi connectivity index (χ0n) is 16.1. The lowest BCUT2D eigenvalue weighted by Crippen LogP contribution is -2.34. The van der Waals surface area contributed by atoms with Gasteiger partial charge in [-0.15, -0.1) is 11.3 Å². The molecule has 6 nitrogen and oxygen atoms in total. The lowest BCUT2D eigenvalue weighted by Gasteiger charge is -2.23. The van der Waals surface area contributed by atoms with Crippen molar-refractivity contribution in [2.45, 2.75) is 25.5 Å². The van der Waals surface area contributed by atoms with Gasteiger partial charge in [-0.1, -0.05) is 35.0 Å². The fourth-order valence-corrected chi connectivity index (χ4v) is 4.78. The fourth-order valence-electron chi connectivity index (χ4n) is 3.79. The molecule has 0 spiro atoms. The molecule has 0 unspecified atom stereocenters. The molecule has 0 atom stereocenters. The summed E-state index contributed by atoms with van der Waals surface area (Å²) in [5, 5.41) is 8.48. The zero-order chi connectivity index (χ0) is 20.5. The highest BCUT2D eigenvalue weighted by atomic mass is 35.5. The van der Waals surface area contributed by atoms with Crippen molar-refractivity contribution in [2.24, 2.45) is 0 Å². The predicted molar refractivity (Wildman–Crippen MR) is 117 cm³/mol. The van der Waals surface area contributed by atoms with E-state index in [0.29, 0.717) is 22.3 Å². The van der Waals surface area contributed by atoms with Gasteiger partial charge in [0.05, 0.1) is 15.8 Å². The SMILES string of the molecule is O=C(OC1CCNCC1)c1cc2ccccc2n1Cc1cc(-c2ccc(Cl)s2)on1. The van der Waals surface area contributed by atoms with Crippen molar-refractivity contribution in [3.63, 3.8) is 0 Å². The molecule has 5 rings (SSSR count). The maximum Gasteiger partial charge on any atom is 0.355 e. The molecule has 1 saturated heterocycles. The normalized spacial score (nSPS) is 15.0. The minimum atomic E-state index is -0.299. The van der Waals surface area contributed by atoms with Crippen molar-refractivity contribution in [1.29, 1.82) is 0 Å². The number of piperidine rings is 1. The maximum atomic E-state index is 13.0. The van der Waals surface area contributed by atoms with Crippen LogP contribution in [0.5, 0.6) is 0 Å². The molecular weight excluding hydrogens is 422 g/mol. The largest absolute Gasteiger partial charge is 0.458 e. The van der Waals surface area contributed by atoms with Crippen LogP contribution in [0, 0.1) is 0 Å². The number of carbonyl (C=O) groups is 1. The Balaban J connectivity index is 1.45. The summed E-state index contributed by atoms with van der Waals surface area (Å²) in [5.74, 6) is 0.365. The second-order valence-corrected chi connectivity index (χ2v) is 9.03. The average Bonchev–Trinajstić information content (AvgIpc) is 3.48. The number of rotatable bonds is 5. The van der Waals surface area contributed by atoms with E-state index in [9.17, 15) is 4.79 Å². The van der Waals surface area contributed by atoms with E-state index in [4.69, 9.17) is 20.9 Å². The number of esters is 1. The molecule has 0 amide bonds. The Labute approximate surface area is 182 Å². The number of fused-ring (bicyclic) bond motifs is 1. The van der Waals surface area contributed by atoms with E-state index in [2.05, 4.69) is 10.5 Å². The van der Waals surface area contributed by atoms with Crippen LogP contribution in [0.1, 0.15) is 29.0 Å². The number of aromatic nitrogens is 2. The van der Waals surface area contributed by atoms with Crippen molar-refractivity contribution < 1.29 is 14.1 Å². The van der Waals surface area contributed by atoms with Crippen LogP contribution in [-0.4, -0.2) is 34.9 Å². The smallest absolute Gasteiger partial charge is 0.355 e. The molecule has 1 fully saturated rings. The minimum Gasteiger partial charge on any atom is -0.458 e. The molecule has 1 N–H and O–H groups in total. The Bertz CT molecular complexity index is 1190. The van der Waals surface area contributed by atoms with E-state index in [-0.39, 0.29) is 12.1 Å². The van der Waals surface area contributed by atoms with Crippen molar-refractivity contribution in [1.82, 2.24) is 15.0 Å². The summed E-state index contributed by atoms with van der Waals surface area (Å²) >= 11 is 7.47. The first-order valence-electron chi connectivity index (χ1n) is 9.88. The number of halogens is 1. The standard InChI is InChI=1S/C22H20ClN3O3S/c23-21-6-5-20(30-21)19-12-15(25-29-19)13-26-17-4-2-1-3-14(17)11-18(26)22(27)28-16-7-9-24-10-8-16/h1-6,11-12,16,24H,7-10,13H2. The molecular formula is C22H20ClN3O3S. The van der Waals surface area contributed by atoms with Crippen LogP contribution < -0.4 is 5.32 Å². The topological polar surface area (TPSA) is 69.3 Å². The van der Waals surface area contributed by atoms with E-state index < -0.39 is 0 Å². The lowest BCUT2D eigenvalue weighted by molar-refractivity contribution is 0.0218. The highest BCUT2D eigenvalue weighted by Crippen LogP contribution is 2.32. The van der Waals surface area contributed by atoms with Gasteiger partial charge in [0, 0.05) is 17.0 Å². The Morgan fingerprint density at radius 2 is 2.07 bits per heavy atom. The van der Waals surface area contributed by atoms with Crippen molar-refractivity contribution >= 4 is 39.8 Å². The highest BCUT2D eigenvalue weighted by Gasteiger charge is 2.23. The Morgan fingerprint density at radius 1 is 1.23 bits per heavy atom. The number of carbonyl (C=O) groups excluding carboxylic acids is 1. The fraction of sp³-hybridized carbons (Fsp3) is 0.273. The molecule has 4 heterocycles. The number of nitrogens with one attached hydrogen (secondary N) is 1. The molecule has 0 radical (unpaired) electrons. The van der Waals surface area contributed by atoms with E-state index in [1.807, 2.05) is 53.1 Å². The van der Waals surface area contributed by atoms with Crippen LogP contribution in [0.2, 0.25) is 4.34 Å². The number of hydrogen-bond donors (Lipinski definition) is 1. The Morgan fingerprint density at radius 3 is 2.87 bits per heavy atom. The first-order valence-corrected chi connectivity index (χ1v) is 11.1. The lowest BCUT2D eigenvalue weighted by atomic mass is 10.1. The number of ether oxygens (including phenoxy) is 1. The second-order valence-electron chi connectivity index (χ2n) is 7.32. The molecule has 154 valence electrons. The molecule has 0 saturated carbocycles. The predicted octanol–water partition coefficient (Wildman–Crippen LogP) is 4.97. The first-order chi connectivity index (χ1) is 14.7. The van der Waals surface area contributed by atoms with E-state index in [1.54, 1.807) is 0 Å². The molecule has 0 aliphatic carbocycles. The van der Waals surface area contributed by atoms with Gasteiger partial charge >= 0.3 is 5.97 Å². The number of para-hydroxylation sites is 1. The summed E-state index contributed by atoms with van der Waals surface area (Å²) in [6.45, 7) is 2.15. The van der Waals surface area contributed by atoms with Gasteiger partial charge in [0.15, 0.2) is 5.76 Å². The Kier molecular flexibility index (Phi) is 5.33. The van der Waals surface area contributed by atoms with Gasteiger partial charge in [-0.3, -0.25) is 0 Å². The summed E-state index contributed by atoms with van der Waals surface area (Å²) in [6.07, 6.45) is 1.62. The monoisotopic (exact) mass is 441 g/mol. The summed E-state index contributed by atoms with van der Waals surface area (Å²) in [6, 6.07) is 15.4. The first kappa shape index (κ1) is 19.4. The third-order valence-electron chi connectivity index (χ3n) is 5.27. The van der Waals surface area contributed by atoms with Gasteiger partial charge < -0.3 is 19.1 Å². The van der Waals surface area contributed by atoms with Gasteiger partial charge in [0.1, 0.15) is 17.5 Å². The number of benzene rings is 1. The second kappa shape index (κ2) is 8.26. The molecule has 8 heteroatoms. The van der Waals surface area contributed by atoms with Gasteiger partial charge in [-0.05, 0) is 50.2 Å². The van der Waals surface area contributed by atoms with Crippen LogP contribution in [0.15, 0.2) is 53.1 Å². The van der Waals surface area contributed by atoms with Gasteiger partial charge in [0.25, 0.3) is 0 Å². The molecule has 3 aromatic heterocycles. The maximum absolute atomic E-state index is 13.0. The zero-order valence-corrected chi connectivity index (χ0v) is 17.7. The molecule has 1 aromatic carbocycles. The molecule has 30 heavy (non-hydrogen) atoms. The summed E-state index contributed by atoms with van der Waals surface area (Å²) in [7, 11) is 0. The number of thiophene rings is 1. The summed E-state index contributed by atoms with van der Waals surface area (Å²) in [4.78, 5) is 13.9. The van der Waals surface area contributed by atoms with Gasteiger partial charge in [-0.2, -0.15) is 0 Å². The Hall–Kier alpha value is -2.61. The van der Waals surface area contributed by atoms with E-state index in [1.165, 1.54) is 11.3 Å². The van der Waals surface area contributed by atoms with Gasteiger partial charge in [-0.25, -0.2) is 4.79 Å². The van der Waals surface area contributed by atoms with Crippen LogP contribution in [0.25, 0.3) is 21.5 Å². The van der Waals surface area contributed by atoms with Crippen LogP contribution in [-0.2, 0) is 11.3 Å². The van der Waals surface area contributed by atoms with Crippen LogP contribution >= 0.6 is 22.9 Å². The number of nitrogens with zero attached hydrogens (tertiary/aromatic N) is 2. The average molecular weight is 442 g/mol. The molecule has 4 aromatic rings. The molecule has 1 aliphatic heterocycles. The van der Waals surface area contributed by atoms with Crippen molar-refractivity contribution in [3.8, 4) is 10.6 Å². The molecule has 1 aliphatic rings. The van der Waals surface area contributed by atoms with Crippen LogP contribution in [0.3, 0.4) is 0 Å². The van der Waals surface area contributed by atoms with Crippen molar-refractivity contribution in [2.75, 3.05) is 13.1 Å². The van der Waals surface area contributed by atoms with Crippen molar-refractivity contribution in [3.05, 3.63) is 64.3 Å².